The molecule has 5 N–H and O–H groups in total. The van der Waals surface area contributed by atoms with Crippen molar-refractivity contribution in [3.05, 3.63) is 17.8 Å². The predicted molar refractivity (Wildman–Crippen MR) is 66.5 cm³/mol. The highest BCUT2D eigenvalue weighted by Gasteiger charge is 2.19. The van der Waals surface area contributed by atoms with Gasteiger partial charge in [-0.25, -0.2) is 0 Å². The van der Waals surface area contributed by atoms with Crippen molar-refractivity contribution in [1.29, 1.82) is 0 Å². The molecule has 0 radical (unpaired) electrons. The van der Waals surface area contributed by atoms with Crippen LogP contribution in [0.2, 0.25) is 0 Å². The van der Waals surface area contributed by atoms with Crippen LogP contribution in [0.25, 0.3) is 0 Å². The Labute approximate surface area is 101 Å². The minimum Gasteiger partial charge on any atom is -0.367 e. The normalized spacial score (nSPS) is 11.2. The molecule has 1 amide bonds. The number of carbonyl (C=O) groups is 1. The van der Waals surface area contributed by atoms with Crippen LogP contribution in [0.4, 0.5) is 5.82 Å². The fourth-order valence-electron chi connectivity index (χ4n) is 1.32. The third kappa shape index (κ3) is 3.67. The molecule has 6 heteroatoms. The number of hydrogen-bond donors (Lipinski definition) is 3. The highest BCUT2D eigenvalue weighted by molar-refractivity contribution is 5.90. The Kier molecular flexibility index (Phi) is 4.39. The second-order valence-corrected chi connectivity index (χ2v) is 4.09. The molecule has 0 atom stereocenters. The van der Waals surface area contributed by atoms with Gasteiger partial charge in [-0.15, -0.1) is 10.2 Å². The molecule has 1 aromatic heterocycles. The Morgan fingerprint density at radius 1 is 1.35 bits per heavy atom. The van der Waals surface area contributed by atoms with Gasteiger partial charge >= 0.3 is 0 Å². The van der Waals surface area contributed by atoms with Crippen LogP contribution in [0.5, 0.6) is 0 Å². The number of amides is 1. The van der Waals surface area contributed by atoms with Gasteiger partial charge in [-0.3, -0.25) is 4.79 Å². The molecule has 0 bridgehead atoms. The topological polar surface area (TPSA) is 107 Å². The number of aromatic nitrogens is 2. The van der Waals surface area contributed by atoms with Crippen LogP contribution in [0.3, 0.4) is 0 Å². The van der Waals surface area contributed by atoms with Gasteiger partial charge in [0.1, 0.15) is 5.82 Å². The maximum atomic E-state index is 10.8. The van der Waals surface area contributed by atoms with Crippen molar-refractivity contribution in [2.45, 2.75) is 32.2 Å². The molecule has 1 heterocycles. The minimum atomic E-state index is -0.584. The summed E-state index contributed by atoms with van der Waals surface area (Å²) in [6.07, 6.45) is 1.76. The van der Waals surface area contributed by atoms with Gasteiger partial charge in [-0.1, -0.05) is 13.8 Å². The summed E-state index contributed by atoms with van der Waals surface area (Å²) in [6.45, 7) is 4.71. The summed E-state index contributed by atoms with van der Waals surface area (Å²) in [6, 6.07) is 3.20. The third-order valence-corrected chi connectivity index (χ3v) is 2.95. The van der Waals surface area contributed by atoms with Crippen LogP contribution in [0, 0.1) is 0 Å². The Balaban J connectivity index is 2.61. The van der Waals surface area contributed by atoms with E-state index in [-0.39, 0.29) is 11.2 Å². The van der Waals surface area contributed by atoms with Gasteiger partial charge < -0.3 is 16.8 Å². The SMILES string of the molecule is CCC(N)(CC)CNc1ccc(C(N)=O)nn1. The largest absolute Gasteiger partial charge is 0.367 e. The van der Waals surface area contributed by atoms with Crippen LogP contribution in [-0.4, -0.2) is 28.2 Å². The molecule has 0 fully saturated rings. The van der Waals surface area contributed by atoms with Gasteiger partial charge in [0.25, 0.3) is 5.91 Å². The fourth-order valence-corrected chi connectivity index (χ4v) is 1.32. The molecule has 17 heavy (non-hydrogen) atoms. The quantitative estimate of drug-likeness (QED) is 0.668. The van der Waals surface area contributed by atoms with E-state index in [2.05, 4.69) is 15.5 Å². The first-order valence-electron chi connectivity index (χ1n) is 5.67. The van der Waals surface area contributed by atoms with E-state index in [9.17, 15) is 4.79 Å². The summed E-state index contributed by atoms with van der Waals surface area (Å²) in [5.41, 5.74) is 11.1. The molecule has 0 aliphatic carbocycles. The summed E-state index contributed by atoms with van der Waals surface area (Å²) in [5.74, 6) is 0.00561. The number of hydrogen-bond acceptors (Lipinski definition) is 5. The van der Waals surface area contributed by atoms with E-state index >= 15 is 0 Å². The van der Waals surface area contributed by atoms with Crippen molar-refractivity contribution in [3.8, 4) is 0 Å². The molecule has 0 aliphatic heterocycles. The summed E-state index contributed by atoms with van der Waals surface area (Å²) < 4.78 is 0. The molecular weight excluding hydrogens is 218 g/mol. The van der Waals surface area contributed by atoms with E-state index in [1.54, 1.807) is 6.07 Å². The zero-order valence-electron chi connectivity index (χ0n) is 10.2. The maximum Gasteiger partial charge on any atom is 0.269 e. The average Bonchev–Trinajstić information content (AvgIpc) is 2.36. The van der Waals surface area contributed by atoms with Crippen LogP contribution in [0.15, 0.2) is 12.1 Å². The number of anilines is 1. The van der Waals surface area contributed by atoms with E-state index in [4.69, 9.17) is 11.5 Å². The Hall–Kier alpha value is -1.69. The molecule has 0 spiro atoms. The van der Waals surface area contributed by atoms with Crippen molar-refractivity contribution in [3.63, 3.8) is 0 Å². The smallest absolute Gasteiger partial charge is 0.269 e. The Morgan fingerprint density at radius 2 is 2.00 bits per heavy atom. The lowest BCUT2D eigenvalue weighted by Gasteiger charge is -2.26. The van der Waals surface area contributed by atoms with Crippen LogP contribution >= 0.6 is 0 Å². The average molecular weight is 237 g/mol. The lowest BCUT2D eigenvalue weighted by Crippen LogP contribution is -2.45. The molecule has 1 rings (SSSR count). The molecule has 1 aromatic rings. The summed E-state index contributed by atoms with van der Waals surface area (Å²) in [5, 5.41) is 10.7. The number of primary amides is 1. The molecule has 94 valence electrons. The van der Waals surface area contributed by atoms with Crippen LogP contribution in [-0.2, 0) is 0 Å². The van der Waals surface area contributed by atoms with Gasteiger partial charge in [0.05, 0.1) is 0 Å². The van der Waals surface area contributed by atoms with Gasteiger partial charge in [0.15, 0.2) is 5.69 Å². The van der Waals surface area contributed by atoms with Gasteiger partial charge in [-0.2, -0.15) is 0 Å². The summed E-state index contributed by atoms with van der Waals surface area (Å²) >= 11 is 0. The second-order valence-electron chi connectivity index (χ2n) is 4.09. The van der Waals surface area contributed by atoms with Gasteiger partial charge in [-0.05, 0) is 25.0 Å². The Morgan fingerprint density at radius 3 is 2.41 bits per heavy atom. The minimum absolute atomic E-state index is 0.153. The molecule has 0 aliphatic rings. The number of nitrogens with one attached hydrogen (secondary N) is 1. The van der Waals surface area contributed by atoms with Crippen molar-refractivity contribution < 1.29 is 4.79 Å². The number of nitrogens with zero attached hydrogens (tertiary/aromatic N) is 2. The maximum absolute atomic E-state index is 10.8. The first kappa shape index (κ1) is 13.4. The molecule has 0 saturated heterocycles. The monoisotopic (exact) mass is 237 g/mol. The molecule has 0 unspecified atom stereocenters. The first-order valence-corrected chi connectivity index (χ1v) is 5.67. The fraction of sp³-hybridized carbons (Fsp3) is 0.545. The van der Waals surface area contributed by atoms with Crippen molar-refractivity contribution >= 4 is 11.7 Å². The van der Waals surface area contributed by atoms with Crippen molar-refractivity contribution in [2.24, 2.45) is 11.5 Å². The summed E-state index contributed by atoms with van der Waals surface area (Å²) in [7, 11) is 0. The van der Waals surface area contributed by atoms with Gasteiger partial charge in [0.2, 0.25) is 0 Å². The highest BCUT2D eigenvalue weighted by Crippen LogP contribution is 2.12. The van der Waals surface area contributed by atoms with E-state index in [0.717, 1.165) is 12.8 Å². The number of rotatable bonds is 6. The third-order valence-electron chi connectivity index (χ3n) is 2.95. The molecule has 0 saturated carbocycles. The molecule has 6 nitrogen and oxygen atoms in total. The molecule has 0 aromatic carbocycles. The van der Waals surface area contributed by atoms with Crippen LogP contribution < -0.4 is 16.8 Å². The first-order chi connectivity index (χ1) is 8.00. The zero-order chi connectivity index (χ0) is 12.9. The van der Waals surface area contributed by atoms with E-state index in [0.29, 0.717) is 12.4 Å². The van der Waals surface area contributed by atoms with Crippen molar-refractivity contribution in [1.82, 2.24) is 10.2 Å². The van der Waals surface area contributed by atoms with E-state index in [1.165, 1.54) is 6.07 Å². The summed E-state index contributed by atoms with van der Waals surface area (Å²) in [4.78, 5) is 10.8. The lowest BCUT2D eigenvalue weighted by atomic mass is 9.94. The lowest BCUT2D eigenvalue weighted by molar-refractivity contribution is 0.0994. The standard InChI is InChI=1S/C11H19N5O/c1-3-11(13,4-2)7-14-9-6-5-8(10(12)17)15-16-9/h5-6H,3-4,7,13H2,1-2H3,(H2,12,17)(H,14,16). The van der Waals surface area contributed by atoms with E-state index < -0.39 is 5.91 Å². The van der Waals surface area contributed by atoms with Gasteiger partial charge in [0, 0.05) is 12.1 Å². The molecular formula is C11H19N5O. The zero-order valence-corrected chi connectivity index (χ0v) is 10.2. The highest BCUT2D eigenvalue weighted by atomic mass is 16.1. The van der Waals surface area contributed by atoms with Crippen LogP contribution in [0.1, 0.15) is 37.2 Å². The van der Waals surface area contributed by atoms with E-state index in [1.807, 2.05) is 13.8 Å². The number of nitrogens with two attached hydrogens (primary N) is 2. The predicted octanol–water partition coefficient (Wildman–Crippen LogP) is 0.505. The van der Waals surface area contributed by atoms with Crippen molar-refractivity contribution in [2.75, 3.05) is 11.9 Å². The second kappa shape index (κ2) is 5.58. The Bertz CT molecular complexity index is 372. The number of carbonyl (C=O) groups excluding carboxylic acids is 1.